The molecular weight excluding hydrogens is 324 g/mol. The molecule has 0 radical (unpaired) electrons. The maximum Gasteiger partial charge on any atom is 0.270 e. The van der Waals surface area contributed by atoms with E-state index in [2.05, 4.69) is 19.6 Å². The van der Waals surface area contributed by atoms with E-state index >= 15 is 0 Å². The Hall–Kier alpha value is -3.49. The number of pyridine rings is 1. The third-order valence-corrected chi connectivity index (χ3v) is 4.06. The number of fused-ring (bicyclic) bond motifs is 2. The van der Waals surface area contributed by atoms with Gasteiger partial charge in [0.05, 0.1) is 11.9 Å². The fraction of sp³-hybridized carbons (Fsp3) is 0.188. The highest BCUT2D eigenvalue weighted by Gasteiger charge is 2.21. The van der Waals surface area contributed by atoms with Gasteiger partial charge in [0.15, 0.2) is 5.82 Å². The first-order valence-corrected chi connectivity index (χ1v) is 7.54. The van der Waals surface area contributed by atoms with E-state index in [1.165, 1.54) is 15.7 Å². The average Bonchev–Trinajstić information content (AvgIpc) is 3.23. The quantitative estimate of drug-likeness (QED) is 0.549. The van der Waals surface area contributed by atoms with E-state index in [-0.39, 0.29) is 18.0 Å². The second-order valence-corrected chi connectivity index (χ2v) is 5.68. The SMILES string of the molecule is CN(Cc1ncon1)C(=O)c1cc2c(=O)n3ccccc3nc2n1C. The number of nitrogens with zero attached hydrogens (tertiary/aromatic N) is 6. The van der Waals surface area contributed by atoms with Crippen molar-refractivity contribution in [3.8, 4) is 0 Å². The van der Waals surface area contributed by atoms with Gasteiger partial charge in [-0.3, -0.25) is 14.0 Å². The molecule has 0 aliphatic rings. The lowest BCUT2D eigenvalue weighted by Crippen LogP contribution is -2.28. The Labute approximate surface area is 141 Å². The molecule has 4 rings (SSSR count). The van der Waals surface area contributed by atoms with Crippen molar-refractivity contribution in [2.75, 3.05) is 7.05 Å². The molecule has 0 N–H and O–H groups in total. The summed E-state index contributed by atoms with van der Waals surface area (Å²) in [7, 11) is 3.34. The second-order valence-electron chi connectivity index (χ2n) is 5.68. The van der Waals surface area contributed by atoms with Gasteiger partial charge in [0.2, 0.25) is 6.39 Å². The first-order valence-electron chi connectivity index (χ1n) is 7.54. The Balaban J connectivity index is 1.81. The molecule has 25 heavy (non-hydrogen) atoms. The third kappa shape index (κ3) is 2.36. The first-order chi connectivity index (χ1) is 12.1. The standard InChI is InChI=1S/C16H14N6O3/c1-20(8-12-17-9-25-19-12)16(24)11-7-10-14(21(11)2)18-13-5-3-4-6-22(13)15(10)23/h3-7,9H,8H2,1-2H3. The van der Waals surface area contributed by atoms with Crippen molar-refractivity contribution in [3.05, 3.63) is 58.7 Å². The van der Waals surface area contributed by atoms with Crippen molar-refractivity contribution in [2.24, 2.45) is 7.05 Å². The predicted molar refractivity (Wildman–Crippen MR) is 88.0 cm³/mol. The van der Waals surface area contributed by atoms with E-state index < -0.39 is 0 Å². The Morgan fingerprint density at radius 1 is 1.36 bits per heavy atom. The Morgan fingerprint density at radius 3 is 2.96 bits per heavy atom. The van der Waals surface area contributed by atoms with Crippen molar-refractivity contribution in [3.63, 3.8) is 0 Å². The van der Waals surface area contributed by atoms with Gasteiger partial charge in [-0.1, -0.05) is 11.2 Å². The van der Waals surface area contributed by atoms with Crippen LogP contribution in [0.25, 0.3) is 16.7 Å². The molecule has 0 spiro atoms. The number of aryl methyl sites for hydroxylation is 1. The number of carbonyl (C=O) groups is 1. The van der Waals surface area contributed by atoms with Crippen molar-refractivity contribution in [1.29, 1.82) is 0 Å². The van der Waals surface area contributed by atoms with Crippen LogP contribution < -0.4 is 5.56 Å². The summed E-state index contributed by atoms with van der Waals surface area (Å²) in [5.74, 6) is 0.136. The van der Waals surface area contributed by atoms with Gasteiger partial charge >= 0.3 is 0 Å². The third-order valence-electron chi connectivity index (χ3n) is 4.06. The van der Waals surface area contributed by atoms with Gasteiger partial charge in [0.1, 0.15) is 17.0 Å². The van der Waals surface area contributed by atoms with E-state index in [1.54, 1.807) is 49.1 Å². The molecule has 4 heterocycles. The number of hydrogen-bond donors (Lipinski definition) is 0. The zero-order valence-corrected chi connectivity index (χ0v) is 13.6. The summed E-state index contributed by atoms with van der Waals surface area (Å²) < 4.78 is 7.76. The van der Waals surface area contributed by atoms with Crippen molar-refractivity contribution < 1.29 is 9.32 Å². The number of hydrogen-bond acceptors (Lipinski definition) is 6. The van der Waals surface area contributed by atoms with Crippen LogP contribution in [-0.4, -0.2) is 41.9 Å². The van der Waals surface area contributed by atoms with Gasteiger partial charge < -0.3 is 14.0 Å². The molecule has 4 aromatic rings. The highest BCUT2D eigenvalue weighted by Crippen LogP contribution is 2.16. The number of amides is 1. The molecule has 0 aliphatic carbocycles. The summed E-state index contributed by atoms with van der Waals surface area (Å²) in [6, 6.07) is 6.88. The topological polar surface area (TPSA) is 98.5 Å². The lowest BCUT2D eigenvalue weighted by atomic mass is 10.3. The molecule has 1 amide bonds. The van der Waals surface area contributed by atoms with Crippen LogP contribution in [0.15, 0.2) is 46.2 Å². The predicted octanol–water partition coefficient (Wildman–Crippen LogP) is 0.841. The van der Waals surface area contributed by atoms with Crippen LogP contribution in [0.1, 0.15) is 16.3 Å². The molecule has 0 aromatic carbocycles. The lowest BCUT2D eigenvalue weighted by molar-refractivity contribution is 0.0771. The Morgan fingerprint density at radius 2 is 2.20 bits per heavy atom. The molecule has 0 saturated heterocycles. The van der Waals surface area contributed by atoms with Gasteiger partial charge in [0, 0.05) is 20.3 Å². The summed E-state index contributed by atoms with van der Waals surface area (Å²) >= 11 is 0. The second kappa shape index (κ2) is 5.55. The van der Waals surface area contributed by atoms with Crippen molar-refractivity contribution in [1.82, 2.24) is 29.0 Å². The largest absolute Gasteiger partial charge is 0.343 e. The van der Waals surface area contributed by atoms with Crippen LogP contribution >= 0.6 is 0 Å². The van der Waals surface area contributed by atoms with Crippen molar-refractivity contribution >= 4 is 22.6 Å². The molecule has 0 unspecified atom stereocenters. The smallest absolute Gasteiger partial charge is 0.270 e. The zero-order valence-electron chi connectivity index (χ0n) is 13.6. The molecule has 9 heteroatoms. The Kier molecular flexibility index (Phi) is 3.34. The van der Waals surface area contributed by atoms with Crippen LogP contribution in [0.2, 0.25) is 0 Å². The van der Waals surface area contributed by atoms with Crippen LogP contribution in [0.3, 0.4) is 0 Å². The molecule has 0 saturated carbocycles. The fourth-order valence-corrected chi connectivity index (χ4v) is 2.77. The van der Waals surface area contributed by atoms with E-state index in [1.807, 2.05) is 0 Å². The highest BCUT2D eigenvalue weighted by atomic mass is 16.5. The minimum Gasteiger partial charge on any atom is -0.343 e. The molecule has 9 nitrogen and oxygen atoms in total. The number of aromatic nitrogens is 5. The molecule has 4 aromatic heterocycles. The lowest BCUT2D eigenvalue weighted by Gasteiger charge is -2.15. The summed E-state index contributed by atoms with van der Waals surface area (Å²) in [5, 5.41) is 4.09. The summed E-state index contributed by atoms with van der Waals surface area (Å²) in [5.41, 5.74) is 1.14. The summed E-state index contributed by atoms with van der Waals surface area (Å²) in [6.07, 6.45) is 2.86. The number of rotatable bonds is 3. The maximum atomic E-state index is 12.7. The van der Waals surface area contributed by atoms with Crippen LogP contribution in [-0.2, 0) is 13.6 Å². The van der Waals surface area contributed by atoms with Gasteiger partial charge in [-0.15, -0.1) is 0 Å². The minimum absolute atomic E-state index is 0.200. The molecule has 126 valence electrons. The molecule has 0 atom stereocenters. The fourth-order valence-electron chi connectivity index (χ4n) is 2.77. The molecule has 0 bridgehead atoms. The molecule has 0 fully saturated rings. The summed E-state index contributed by atoms with van der Waals surface area (Å²) in [6.45, 7) is 0.200. The van der Waals surface area contributed by atoms with E-state index in [9.17, 15) is 9.59 Å². The summed E-state index contributed by atoms with van der Waals surface area (Å²) in [4.78, 5) is 35.3. The van der Waals surface area contributed by atoms with E-state index in [0.29, 0.717) is 28.2 Å². The first kappa shape index (κ1) is 15.1. The monoisotopic (exact) mass is 338 g/mol. The Bertz CT molecular complexity index is 1140. The minimum atomic E-state index is -0.265. The normalized spacial score (nSPS) is 11.3. The van der Waals surface area contributed by atoms with Crippen molar-refractivity contribution in [2.45, 2.75) is 6.54 Å². The molecule has 0 aliphatic heterocycles. The van der Waals surface area contributed by atoms with Gasteiger partial charge in [0.25, 0.3) is 11.5 Å². The van der Waals surface area contributed by atoms with Crippen LogP contribution in [0.5, 0.6) is 0 Å². The van der Waals surface area contributed by atoms with E-state index in [4.69, 9.17) is 0 Å². The van der Waals surface area contributed by atoms with Gasteiger partial charge in [-0.2, -0.15) is 4.98 Å². The van der Waals surface area contributed by atoms with Gasteiger partial charge in [-0.05, 0) is 18.2 Å². The van der Waals surface area contributed by atoms with Crippen LogP contribution in [0.4, 0.5) is 0 Å². The van der Waals surface area contributed by atoms with E-state index in [0.717, 1.165) is 0 Å². The average molecular weight is 338 g/mol. The zero-order chi connectivity index (χ0) is 17.6. The molecular formula is C16H14N6O3. The maximum absolute atomic E-state index is 12.7. The number of carbonyl (C=O) groups excluding carboxylic acids is 1. The highest BCUT2D eigenvalue weighted by molar-refractivity contribution is 5.97. The van der Waals surface area contributed by atoms with Gasteiger partial charge in [-0.25, -0.2) is 4.98 Å². The van der Waals surface area contributed by atoms with Crippen LogP contribution in [0, 0.1) is 0 Å².